The number of aliphatic imine (C=N–C) groups is 2. The van der Waals surface area contributed by atoms with Crippen LogP contribution in [0.3, 0.4) is 0 Å². The summed E-state index contributed by atoms with van der Waals surface area (Å²) >= 11 is 13.7. The van der Waals surface area contributed by atoms with Crippen LogP contribution in [0.1, 0.15) is 11.1 Å². The Morgan fingerprint density at radius 1 is 0.553 bits per heavy atom. The van der Waals surface area contributed by atoms with Gasteiger partial charge >= 0.3 is 0 Å². The monoisotopic (exact) mass is 548 g/mol. The van der Waals surface area contributed by atoms with E-state index < -0.39 is 11.9 Å². The highest BCUT2D eigenvalue weighted by Crippen LogP contribution is 2.42. The number of pyridine rings is 2. The van der Waals surface area contributed by atoms with E-state index in [9.17, 15) is 8.78 Å². The summed E-state index contributed by atoms with van der Waals surface area (Å²) in [5.74, 6) is -0.272. The molecule has 2 aromatic heterocycles. The fourth-order valence-corrected chi connectivity index (χ4v) is 5.20. The van der Waals surface area contributed by atoms with Crippen molar-refractivity contribution in [3.63, 3.8) is 0 Å². The van der Waals surface area contributed by atoms with Crippen LogP contribution in [-0.4, -0.2) is 47.8 Å². The van der Waals surface area contributed by atoms with Crippen molar-refractivity contribution in [1.82, 2.24) is 20.6 Å². The molecule has 0 spiro atoms. The van der Waals surface area contributed by atoms with E-state index >= 15 is 0 Å². The molecule has 38 heavy (non-hydrogen) atoms. The average molecular weight is 549 g/mol. The van der Waals surface area contributed by atoms with E-state index in [0.29, 0.717) is 92.7 Å². The SMILES string of the molecule is Fc1nc(-c2cccc(-c3cccc(-c4ccc(C5=NCCN5)c(F)n4)c3Cl)c2Cl)ccc1C1=NCCN1. The topological polar surface area (TPSA) is 74.6 Å². The van der Waals surface area contributed by atoms with E-state index in [1.807, 2.05) is 12.1 Å². The third-order valence-corrected chi connectivity index (χ3v) is 7.21. The molecule has 4 heterocycles. The predicted octanol–water partition coefficient (Wildman–Crippen LogP) is 5.76. The fraction of sp³-hybridized carbons (Fsp3) is 0.143. The van der Waals surface area contributed by atoms with E-state index in [2.05, 4.69) is 30.6 Å². The van der Waals surface area contributed by atoms with Gasteiger partial charge in [0.25, 0.3) is 0 Å². The van der Waals surface area contributed by atoms with Crippen molar-refractivity contribution in [2.45, 2.75) is 0 Å². The zero-order valence-corrected chi connectivity index (χ0v) is 21.4. The number of amidine groups is 2. The summed E-state index contributed by atoms with van der Waals surface area (Å²) in [7, 11) is 0. The van der Waals surface area contributed by atoms with E-state index in [4.69, 9.17) is 23.2 Å². The van der Waals surface area contributed by atoms with E-state index in [0.717, 1.165) is 0 Å². The Morgan fingerprint density at radius 3 is 1.34 bits per heavy atom. The van der Waals surface area contributed by atoms with Crippen LogP contribution < -0.4 is 10.6 Å². The molecular formula is C28H20Cl2F2N6. The molecular weight excluding hydrogens is 529 g/mol. The third-order valence-electron chi connectivity index (χ3n) is 6.40. The second-order valence-corrected chi connectivity index (χ2v) is 9.47. The van der Waals surface area contributed by atoms with Crippen LogP contribution in [0, 0.1) is 11.9 Å². The van der Waals surface area contributed by atoms with Gasteiger partial charge in [0.2, 0.25) is 11.9 Å². The van der Waals surface area contributed by atoms with Crippen molar-refractivity contribution in [2.75, 3.05) is 26.2 Å². The highest BCUT2D eigenvalue weighted by molar-refractivity contribution is 6.39. The number of nitrogens with zero attached hydrogens (tertiary/aromatic N) is 4. The maximum atomic E-state index is 14.9. The molecule has 10 heteroatoms. The number of rotatable bonds is 5. The van der Waals surface area contributed by atoms with Crippen molar-refractivity contribution in [1.29, 1.82) is 0 Å². The molecule has 0 amide bonds. The second-order valence-electron chi connectivity index (χ2n) is 8.72. The normalized spacial score (nSPS) is 14.6. The summed E-state index contributed by atoms with van der Waals surface area (Å²) < 4.78 is 29.7. The summed E-state index contributed by atoms with van der Waals surface area (Å²) in [6, 6.07) is 17.5. The molecule has 0 atom stereocenters. The molecule has 0 saturated carbocycles. The molecule has 0 radical (unpaired) electrons. The largest absolute Gasteiger partial charge is 0.368 e. The minimum Gasteiger partial charge on any atom is -0.368 e. The van der Waals surface area contributed by atoms with Crippen molar-refractivity contribution in [2.24, 2.45) is 9.98 Å². The van der Waals surface area contributed by atoms with Crippen LogP contribution in [0.4, 0.5) is 8.78 Å². The summed E-state index contributed by atoms with van der Waals surface area (Å²) in [4.78, 5) is 16.8. The van der Waals surface area contributed by atoms with Crippen molar-refractivity contribution in [3.05, 3.63) is 93.7 Å². The smallest absolute Gasteiger partial charge is 0.224 e. The Morgan fingerprint density at radius 2 is 0.974 bits per heavy atom. The van der Waals surface area contributed by atoms with Gasteiger partial charge in [-0.2, -0.15) is 8.78 Å². The number of hydrogen-bond acceptors (Lipinski definition) is 6. The van der Waals surface area contributed by atoms with Crippen molar-refractivity contribution < 1.29 is 8.78 Å². The summed E-state index contributed by atoms with van der Waals surface area (Å²) in [6.07, 6.45) is 0. The maximum Gasteiger partial charge on any atom is 0.224 e. The number of benzene rings is 2. The van der Waals surface area contributed by atoms with Crippen LogP contribution in [0.25, 0.3) is 33.6 Å². The Balaban J connectivity index is 1.37. The Labute approximate surface area is 227 Å². The van der Waals surface area contributed by atoms with Gasteiger partial charge in [-0.15, -0.1) is 0 Å². The molecule has 0 saturated heterocycles. The highest BCUT2D eigenvalue weighted by Gasteiger charge is 2.20. The lowest BCUT2D eigenvalue weighted by Gasteiger charge is -2.14. The molecule has 2 aliphatic heterocycles. The van der Waals surface area contributed by atoms with Gasteiger partial charge in [0.1, 0.15) is 11.7 Å². The first-order chi connectivity index (χ1) is 18.5. The molecule has 2 N–H and O–H groups in total. The lowest BCUT2D eigenvalue weighted by atomic mass is 9.98. The van der Waals surface area contributed by atoms with Crippen LogP contribution in [0.5, 0.6) is 0 Å². The predicted molar refractivity (Wildman–Crippen MR) is 147 cm³/mol. The van der Waals surface area contributed by atoms with E-state index in [1.165, 1.54) is 0 Å². The van der Waals surface area contributed by atoms with Gasteiger partial charge in [-0.25, -0.2) is 9.97 Å². The number of hydrogen-bond donors (Lipinski definition) is 2. The highest BCUT2D eigenvalue weighted by atomic mass is 35.5. The minimum atomic E-state index is -0.632. The second kappa shape index (κ2) is 10.1. The molecule has 0 unspecified atom stereocenters. The van der Waals surface area contributed by atoms with Gasteiger partial charge in [0.05, 0.1) is 45.6 Å². The number of aromatic nitrogens is 2. The lowest BCUT2D eigenvalue weighted by molar-refractivity contribution is 0.581. The molecule has 2 aliphatic rings. The third kappa shape index (κ3) is 4.40. The van der Waals surface area contributed by atoms with Crippen LogP contribution >= 0.6 is 23.2 Å². The van der Waals surface area contributed by atoms with Crippen molar-refractivity contribution in [3.8, 4) is 33.6 Å². The number of halogens is 4. The molecule has 4 aromatic rings. The summed E-state index contributed by atoms with van der Waals surface area (Å²) in [6.45, 7) is 2.54. The van der Waals surface area contributed by atoms with Crippen LogP contribution in [0.2, 0.25) is 10.0 Å². The Hall–Kier alpha value is -3.88. The molecule has 6 rings (SSSR count). The van der Waals surface area contributed by atoms with E-state index in [1.54, 1.807) is 48.5 Å². The maximum absolute atomic E-state index is 14.9. The average Bonchev–Trinajstić information content (AvgIpc) is 3.64. The molecule has 2 aromatic carbocycles. The summed E-state index contributed by atoms with van der Waals surface area (Å²) in [5.41, 5.74) is 3.76. The van der Waals surface area contributed by atoms with Gasteiger partial charge in [0.15, 0.2) is 0 Å². The molecule has 0 aliphatic carbocycles. The number of nitrogens with one attached hydrogen (secondary N) is 2. The van der Waals surface area contributed by atoms with Crippen LogP contribution in [-0.2, 0) is 0 Å². The Kier molecular flexibility index (Phi) is 6.51. The van der Waals surface area contributed by atoms with Gasteiger partial charge in [-0.1, -0.05) is 59.6 Å². The minimum absolute atomic E-state index is 0.316. The first kappa shape index (κ1) is 24.5. The van der Waals surface area contributed by atoms with Gasteiger partial charge in [-0.05, 0) is 24.3 Å². The van der Waals surface area contributed by atoms with Crippen molar-refractivity contribution >= 4 is 34.9 Å². The molecule has 0 bridgehead atoms. The first-order valence-corrected chi connectivity index (χ1v) is 12.8. The van der Waals surface area contributed by atoms with Gasteiger partial charge < -0.3 is 10.6 Å². The molecule has 6 nitrogen and oxygen atoms in total. The standard InChI is InChI=1S/C28H20Cl2F2N6/c29-23-15(3-1-5-17(23)21-9-7-19(25(31)37-21)27-33-11-12-34-27)16-4-2-6-18(24(16)30)22-10-8-20(26(32)38-22)28-35-13-14-36-28/h1-10H,11-14H2,(H,33,34)(H,35,36). The van der Waals surface area contributed by atoms with E-state index in [-0.39, 0.29) is 0 Å². The summed E-state index contributed by atoms with van der Waals surface area (Å²) in [5, 5.41) is 6.83. The zero-order chi connectivity index (χ0) is 26.2. The fourth-order valence-electron chi connectivity index (χ4n) is 4.55. The molecule has 0 fully saturated rings. The quantitative estimate of drug-likeness (QED) is 0.311. The Bertz CT molecular complexity index is 1520. The van der Waals surface area contributed by atoms with Gasteiger partial charge in [0, 0.05) is 35.3 Å². The first-order valence-electron chi connectivity index (χ1n) is 12.0. The van der Waals surface area contributed by atoms with Gasteiger partial charge in [-0.3, -0.25) is 9.98 Å². The van der Waals surface area contributed by atoms with Crippen LogP contribution in [0.15, 0.2) is 70.6 Å². The lowest BCUT2D eigenvalue weighted by Crippen LogP contribution is -2.21. The molecule has 190 valence electrons. The zero-order valence-electron chi connectivity index (χ0n) is 19.9.